The summed E-state index contributed by atoms with van der Waals surface area (Å²) in [6.45, 7) is 6.42. The number of nitrogens with zero attached hydrogens (tertiary/aromatic N) is 4. The summed E-state index contributed by atoms with van der Waals surface area (Å²) in [4.78, 5) is 23.2. The molecule has 162 valence electrons. The third kappa shape index (κ3) is 2.98. The summed E-state index contributed by atoms with van der Waals surface area (Å²) in [5.41, 5.74) is 10.3. The molecule has 0 aliphatic carbocycles. The summed E-state index contributed by atoms with van der Waals surface area (Å²) >= 11 is 0. The molecule has 8 heteroatoms. The molecule has 2 aromatic heterocycles. The number of amides is 1. The molecule has 0 bridgehead atoms. The van der Waals surface area contributed by atoms with E-state index in [-0.39, 0.29) is 17.4 Å². The number of nitrogen functional groups attached to an aromatic ring is 1. The standard InChI is InChI=1S/C24H22FN5O2/c1-4-13(2)14-5-6-15-21(11-32-22(15)7-14)29(3)24(31)16-8-19-18(9-17(16)25)28-23(26)20-10-27-12-30(19)20/h5-10,12,21H,2,4,11H2,1,3H3,(H2,26,28). The highest BCUT2D eigenvalue weighted by Gasteiger charge is 2.32. The molecule has 32 heavy (non-hydrogen) atoms. The Morgan fingerprint density at radius 1 is 1.34 bits per heavy atom. The quantitative estimate of drug-likeness (QED) is 0.523. The van der Waals surface area contributed by atoms with Crippen LogP contribution in [-0.4, -0.2) is 38.8 Å². The first-order valence-electron chi connectivity index (χ1n) is 10.3. The topological polar surface area (TPSA) is 85.8 Å². The molecule has 0 fully saturated rings. The molecule has 1 atom stereocenters. The smallest absolute Gasteiger partial charge is 0.257 e. The van der Waals surface area contributed by atoms with Gasteiger partial charge in [-0.05, 0) is 29.7 Å². The van der Waals surface area contributed by atoms with E-state index in [1.807, 2.05) is 25.1 Å². The Bertz CT molecular complexity index is 1410. The number of hydrogen-bond donors (Lipinski definition) is 1. The van der Waals surface area contributed by atoms with Crippen molar-refractivity contribution in [2.75, 3.05) is 19.4 Å². The minimum absolute atomic E-state index is 0.0500. The van der Waals surface area contributed by atoms with E-state index < -0.39 is 11.7 Å². The van der Waals surface area contributed by atoms with Gasteiger partial charge in [0.2, 0.25) is 0 Å². The molecule has 1 amide bonds. The second-order valence-corrected chi connectivity index (χ2v) is 7.92. The molecule has 0 spiro atoms. The van der Waals surface area contributed by atoms with Gasteiger partial charge in [0.05, 0.1) is 35.2 Å². The Kier molecular flexibility index (Phi) is 4.58. The van der Waals surface area contributed by atoms with Crippen molar-refractivity contribution in [1.82, 2.24) is 19.3 Å². The van der Waals surface area contributed by atoms with Crippen LogP contribution in [0.4, 0.5) is 10.2 Å². The summed E-state index contributed by atoms with van der Waals surface area (Å²) < 4.78 is 22.5. The van der Waals surface area contributed by atoms with Gasteiger partial charge in [-0.25, -0.2) is 14.4 Å². The lowest BCUT2D eigenvalue weighted by Crippen LogP contribution is -2.32. The van der Waals surface area contributed by atoms with Crippen molar-refractivity contribution in [3.05, 3.63) is 71.9 Å². The van der Waals surface area contributed by atoms with Gasteiger partial charge in [0, 0.05) is 18.7 Å². The normalized spacial score (nSPS) is 15.0. The zero-order valence-electron chi connectivity index (χ0n) is 17.8. The second-order valence-electron chi connectivity index (χ2n) is 7.92. The van der Waals surface area contributed by atoms with Gasteiger partial charge in [-0.15, -0.1) is 0 Å². The van der Waals surface area contributed by atoms with E-state index in [2.05, 4.69) is 16.5 Å². The summed E-state index contributed by atoms with van der Waals surface area (Å²) in [6, 6.07) is 8.28. The number of imidazole rings is 1. The van der Waals surface area contributed by atoms with Crippen LogP contribution in [0.1, 0.15) is 40.9 Å². The van der Waals surface area contributed by atoms with Gasteiger partial charge >= 0.3 is 0 Å². The van der Waals surface area contributed by atoms with Gasteiger partial charge < -0.3 is 15.4 Å². The van der Waals surface area contributed by atoms with Crippen LogP contribution in [0.3, 0.4) is 0 Å². The van der Waals surface area contributed by atoms with Crippen LogP contribution in [0, 0.1) is 5.82 Å². The number of likely N-dealkylation sites (N-methyl/N-ethyl adjacent to an activating group) is 1. The fourth-order valence-corrected chi connectivity index (χ4v) is 4.13. The van der Waals surface area contributed by atoms with E-state index >= 15 is 0 Å². The van der Waals surface area contributed by atoms with E-state index in [9.17, 15) is 9.18 Å². The van der Waals surface area contributed by atoms with Crippen molar-refractivity contribution in [3.63, 3.8) is 0 Å². The van der Waals surface area contributed by atoms with Crippen molar-refractivity contribution in [1.29, 1.82) is 0 Å². The summed E-state index contributed by atoms with van der Waals surface area (Å²) in [7, 11) is 1.65. The molecule has 2 aromatic carbocycles. The molecule has 2 N–H and O–H groups in total. The van der Waals surface area contributed by atoms with Gasteiger partial charge in [-0.2, -0.15) is 0 Å². The Balaban J connectivity index is 1.52. The maximum absolute atomic E-state index is 15.0. The molecule has 7 nitrogen and oxygen atoms in total. The number of benzene rings is 2. The van der Waals surface area contributed by atoms with Crippen molar-refractivity contribution in [3.8, 4) is 5.75 Å². The third-order valence-corrected chi connectivity index (χ3v) is 6.09. The number of rotatable bonds is 4. The molecule has 3 heterocycles. The Morgan fingerprint density at radius 3 is 2.94 bits per heavy atom. The number of ether oxygens (including phenoxy) is 1. The minimum Gasteiger partial charge on any atom is -0.491 e. The van der Waals surface area contributed by atoms with E-state index in [4.69, 9.17) is 10.5 Å². The maximum atomic E-state index is 15.0. The lowest BCUT2D eigenvalue weighted by Gasteiger charge is -2.24. The molecular weight excluding hydrogens is 409 g/mol. The predicted octanol–water partition coefficient (Wildman–Crippen LogP) is 4.23. The second kappa shape index (κ2) is 7.33. The highest BCUT2D eigenvalue weighted by Crippen LogP contribution is 2.38. The monoisotopic (exact) mass is 431 g/mol. The number of allylic oxidation sites excluding steroid dienone is 1. The number of fused-ring (bicyclic) bond motifs is 4. The number of nitrogens with two attached hydrogens (primary N) is 1. The number of halogens is 1. The van der Waals surface area contributed by atoms with Crippen LogP contribution in [0.25, 0.3) is 22.1 Å². The maximum Gasteiger partial charge on any atom is 0.257 e. The highest BCUT2D eigenvalue weighted by molar-refractivity contribution is 5.98. The van der Waals surface area contributed by atoms with Crippen LogP contribution in [0.15, 0.2) is 49.4 Å². The average molecular weight is 431 g/mol. The third-order valence-electron chi connectivity index (χ3n) is 6.09. The van der Waals surface area contributed by atoms with Crippen LogP contribution in [0.5, 0.6) is 5.75 Å². The lowest BCUT2D eigenvalue weighted by atomic mass is 10.00. The summed E-state index contributed by atoms with van der Waals surface area (Å²) in [6.07, 6.45) is 3.98. The fraction of sp³-hybridized carbons (Fsp3) is 0.208. The molecule has 0 radical (unpaired) electrons. The van der Waals surface area contributed by atoms with E-state index in [0.717, 1.165) is 28.9 Å². The molecule has 1 aliphatic heterocycles. The summed E-state index contributed by atoms with van der Waals surface area (Å²) in [5.74, 6) is -0.136. The molecule has 1 aliphatic rings. The van der Waals surface area contributed by atoms with Crippen LogP contribution >= 0.6 is 0 Å². The van der Waals surface area contributed by atoms with Gasteiger partial charge in [0.15, 0.2) is 0 Å². The number of hydrogen-bond acceptors (Lipinski definition) is 5. The first kappa shape index (κ1) is 20.0. The van der Waals surface area contributed by atoms with E-state index in [0.29, 0.717) is 23.2 Å². The Morgan fingerprint density at radius 2 is 2.16 bits per heavy atom. The molecular formula is C24H22FN5O2. The van der Waals surface area contributed by atoms with E-state index in [1.165, 1.54) is 17.0 Å². The molecule has 4 aromatic rings. The number of carbonyl (C=O) groups excluding carboxylic acids is 1. The van der Waals surface area contributed by atoms with Crippen LogP contribution in [0.2, 0.25) is 0 Å². The molecule has 5 rings (SSSR count). The van der Waals surface area contributed by atoms with Gasteiger partial charge in [-0.1, -0.05) is 25.6 Å². The minimum atomic E-state index is -0.658. The largest absolute Gasteiger partial charge is 0.491 e. The van der Waals surface area contributed by atoms with Crippen molar-refractivity contribution in [2.45, 2.75) is 19.4 Å². The predicted molar refractivity (Wildman–Crippen MR) is 121 cm³/mol. The zero-order chi connectivity index (χ0) is 22.6. The molecule has 0 saturated heterocycles. The van der Waals surface area contributed by atoms with Gasteiger partial charge in [0.25, 0.3) is 5.91 Å². The zero-order valence-corrected chi connectivity index (χ0v) is 17.8. The molecule has 1 unspecified atom stereocenters. The average Bonchev–Trinajstić information content (AvgIpc) is 3.44. The SMILES string of the molecule is C=C(CC)c1ccc2c(c1)OCC2N(C)C(=O)c1cc2c(cc1F)nc(N)c1cncn12. The van der Waals surface area contributed by atoms with Gasteiger partial charge in [-0.3, -0.25) is 9.20 Å². The first-order chi connectivity index (χ1) is 15.4. The van der Waals surface area contributed by atoms with Crippen LogP contribution in [-0.2, 0) is 0 Å². The van der Waals surface area contributed by atoms with Gasteiger partial charge in [0.1, 0.15) is 29.5 Å². The first-order valence-corrected chi connectivity index (χ1v) is 10.3. The number of aromatic nitrogens is 3. The van der Waals surface area contributed by atoms with Crippen LogP contribution < -0.4 is 10.5 Å². The Labute approximate surface area is 183 Å². The highest BCUT2D eigenvalue weighted by atomic mass is 19.1. The molecule has 0 saturated carbocycles. The number of anilines is 1. The van der Waals surface area contributed by atoms with Crippen molar-refractivity contribution in [2.24, 2.45) is 0 Å². The van der Waals surface area contributed by atoms with Crippen molar-refractivity contribution >= 4 is 33.8 Å². The lowest BCUT2D eigenvalue weighted by molar-refractivity contribution is 0.0704. The Hall–Kier alpha value is -3.94. The van der Waals surface area contributed by atoms with Crippen molar-refractivity contribution < 1.29 is 13.9 Å². The number of carbonyl (C=O) groups is 1. The van der Waals surface area contributed by atoms with E-state index in [1.54, 1.807) is 24.0 Å². The summed E-state index contributed by atoms with van der Waals surface area (Å²) in [5, 5.41) is 0. The fourth-order valence-electron chi connectivity index (χ4n) is 4.13.